The van der Waals surface area contributed by atoms with Gasteiger partial charge in [0.05, 0.1) is 11.3 Å². The molecule has 0 spiro atoms. The smallest absolute Gasteiger partial charge is 0.330 e. The Morgan fingerprint density at radius 1 is 1.35 bits per heavy atom. The maximum atomic E-state index is 11.9. The highest BCUT2D eigenvalue weighted by molar-refractivity contribution is 5.78. The maximum absolute atomic E-state index is 11.9. The molecule has 2 aliphatic carbocycles. The minimum Gasteiger partial charge on any atom is -0.458 e. The van der Waals surface area contributed by atoms with Gasteiger partial charge in [-0.25, -0.2) is 4.79 Å². The number of nitrogens with one attached hydrogen (secondary N) is 1. The van der Waals surface area contributed by atoms with E-state index in [0.717, 1.165) is 12.8 Å². The summed E-state index contributed by atoms with van der Waals surface area (Å²) >= 11 is 0. The Bertz CT molecular complexity index is 531. The van der Waals surface area contributed by atoms with Crippen LogP contribution in [0.15, 0.2) is 0 Å². The number of ether oxygens (including phenoxy) is 2. The Kier molecular flexibility index (Phi) is 4.08. The summed E-state index contributed by atoms with van der Waals surface area (Å²) in [6.07, 6.45) is 1.60. The van der Waals surface area contributed by atoms with Crippen LogP contribution in [-0.4, -0.2) is 36.7 Å². The molecule has 128 valence electrons. The number of carbonyl (C=O) groups is 3. The Morgan fingerprint density at radius 3 is 2.78 bits per heavy atom. The van der Waals surface area contributed by atoms with E-state index >= 15 is 0 Å². The van der Waals surface area contributed by atoms with E-state index in [0.29, 0.717) is 6.42 Å². The van der Waals surface area contributed by atoms with Gasteiger partial charge in [-0.05, 0) is 33.1 Å². The van der Waals surface area contributed by atoms with Gasteiger partial charge in [-0.3, -0.25) is 9.59 Å². The molecule has 1 heterocycles. The summed E-state index contributed by atoms with van der Waals surface area (Å²) in [6.45, 7) is 5.22. The lowest BCUT2D eigenvalue weighted by Crippen LogP contribution is -2.39. The van der Waals surface area contributed by atoms with Gasteiger partial charge in [0.2, 0.25) is 0 Å². The van der Waals surface area contributed by atoms with Gasteiger partial charge >= 0.3 is 17.9 Å². The summed E-state index contributed by atoms with van der Waals surface area (Å²) in [5.74, 6) is -0.692. The highest BCUT2D eigenvalue weighted by atomic mass is 16.7. The highest BCUT2D eigenvalue weighted by Gasteiger charge is 2.63. The average Bonchev–Trinajstić information content (AvgIpc) is 3.12. The standard InChI is InChI=1S/C16H23NO6/c1-4-16(2,3)15(20)23-17-7-11(18)21-12-8-5-9-10(6-8)14(19)22-13(9)12/h8-10,12-13,17H,4-7H2,1-3H3. The quantitative estimate of drug-likeness (QED) is 0.442. The fraction of sp³-hybridized carbons (Fsp3) is 0.812. The van der Waals surface area contributed by atoms with Crippen LogP contribution < -0.4 is 5.48 Å². The molecule has 3 fully saturated rings. The molecular formula is C16H23NO6. The van der Waals surface area contributed by atoms with Crippen molar-refractivity contribution in [3.63, 3.8) is 0 Å². The third kappa shape index (κ3) is 2.82. The zero-order valence-corrected chi connectivity index (χ0v) is 13.7. The van der Waals surface area contributed by atoms with E-state index in [1.165, 1.54) is 0 Å². The van der Waals surface area contributed by atoms with Gasteiger partial charge in [-0.15, -0.1) is 5.48 Å². The van der Waals surface area contributed by atoms with Crippen LogP contribution >= 0.6 is 0 Å². The van der Waals surface area contributed by atoms with E-state index in [1.54, 1.807) is 13.8 Å². The zero-order valence-electron chi connectivity index (χ0n) is 13.7. The maximum Gasteiger partial charge on any atom is 0.330 e. The van der Waals surface area contributed by atoms with Gasteiger partial charge in [-0.2, -0.15) is 0 Å². The molecule has 2 bridgehead atoms. The first kappa shape index (κ1) is 16.2. The molecule has 1 aliphatic heterocycles. The molecule has 0 amide bonds. The number of hydrogen-bond donors (Lipinski definition) is 1. The number of esters is 2. The van der Waals surface area contributed by atoms with E-state index in [4.69, 9.17) is 14.3 Å². The predicted molar refractivity (Wildman–Crippen MR) is 77.6 cm³/mol. The Balaban J connectivity index is 1.44. The number of carbonyl (C=O) groups excluding carboxylic acids is 3. The van der Waals surface area contributed by atoms with Crippen LogP contribution in [0.5, 0.6) is 0 Å². The molecule has 7 nitrogen and oxygen atoms in total. The zero-order chi connectivity index (χ0) is 16.8. The van der Waals surface area contributed by atoms with Crippen LogP contribution in [0.25, 0.3) is 0 Å². The molecule has 23 heavy (non-hydrogen) atoms. The van der Waals surface area contributed by atoms with Crippen LogP contribution in [0.3, 0.4) is 0 Å². The molecule has 1 saturated heterocycles. The monoisotopic (exact) mass is 325 g/mol. The molecule has 5 unspecified atom stereocenters. The lowest BCUT2D eigenvalue weighted by atomic mass is 9.88. The van der Waals surface area contributed by atoms with Crippen molar-refractivity contribution < 1.29 is 28.7 Å². The largest absolute Gasteiger partial charge is 0.458 e. The second kappa shape index (κ2) is 5.78. The van der Waals surface area contributed by atoms with Crippen LogP contribution in [0, 0.1) is 23.2 Å². The van der Waals surface area contributed by atoms with Crippen molar-refractivity contribution in [2.45, 2.75) is 52.2 Å². The Hall–Kier alpha value is -1.63. The fourth-order valence-corrected chi connectivity index (χ4v) is 3.70. The van der Waals surface area contributed by atoms with E-state index in [-0.39, 0.29) is 42.5 Å². The predicted octanol–water partition coefficient (Wildman–Crippen LogP) is 0.964. The number of fused-ring (bicyclic) bond motifs is 1. The van der Waals surface area contributed by atoms with Gasteiger partial charge in [0.1, 0.15) is 18.8 Å². The van der Waals surface area contributed by atoms with E-state index in [9.17, 15) is 14.4 Å². The molecule has 0 aromatic carbocycles. The van der Waals surface area contributed by atoms with Crippen molar-refractivity contribution in [1.82, 2.24) is 5.48 Å². The molecule has 0 radical (unpaired) electrons. The molecule has 1 N–H and O–H groups in total. The molecule has 0 aromatic heterocycles. The molecule has 7 heteroatoms. The SMILES string of the molecule is CCC(C)(C)C(=O)ONCC(=O)OC1C2CC3C(=O)OC1C3C2. The normalized spacial score (nSPS) is 34.4. The molecule has 2 saturated carbocycles. The summed E-state index contributed by atoms with van der Waals surface area (Å²) in [4.78, 5) is 40.2. The van der Waals surface area contributed by atoms with Crippen LogP contribution in [-0.2, 0) is 28.7 Å². The lowest BCUT2D eigenvalue weighted by Gasteiger charge is -2.25. The van der Waals surface area contributed by atoms with Crippen molar-refractivity contribution >= 4 is 17.9 Å². The van der Waals surface area contributed by atoms with Crippen LogP contribution in [0.2, 0.25) is 0 Å². The fourth-order valence-electron chi connectivity index (χ4n) is 3.70. The summed E-state index contributed by atoms with van der Waals surface area (Å²) < 4.78 is 10.8. The molecule has 5 atom stereocenters. The molecular weight excluding hydrogens is 302 g/mol. The minimum atomic E-state index is -0.603. The highest BCUT2D eigenvalue weighted by Crippen LogP contribution is 2.55. The van der Waals surface area contributed by atoms with E-state index in [1.807, 2.05) is 6.92 Å². The molecule has 3 aliphatic rings. The van der Waals surface area contributed by atoms with Crippen molar-refractivity contribution in [1.29, 1.82) is 0 Å². The van der Waals surface area contributed by atoms with Gasteiger partial charge in [0.15, 0.2) is 0 Å². The summed E-state index contributed by atoms with van der Waals surface area (Å²) in [5.41, 5.74) is 1.76. The van der Waals surface area contributed by atoms with Gasteiger partial charge in [-0.1, -0.05) is 6.92 Å². The van der Waals surface area contributed by atoms with Crippen molar-refractivity contribution in [2.75, 3.05) is 6.54 Å². The second-order valence-electron chi connectivity index (χ2n) is 7.31. The number of hydrogen-bond acceptors (Lipinski definition) is 7. The van der Waals surface area contributed by atoms with Crippen molar-refractivity contribution in [2.24, 2.45) is 23.2 Å². The topological polar surface area (TPSA) is 90.9 Å². The molecule has 0 aromatic rings. The number of rotatable bonds is 6. The lowest BCUT2D eigenvalue weighted by molar-refractivity contribution is -0.169. The van der Waals surface area contributed by atoms with E-state index < -0.39 is 17.4 Å². The second-order valence-corrected chi connectivity index (χ2v) is 7.31. The Labute approximate surface area is 135 Å². The summed E-state index contributed by atoms with van der Waals surface area (Å²) in [7, 11) is 0. The third-order valence-electron chi connectivity index (χ3n) is 5.50. The average molecular weight is 325 g/mol. The Morgan fingerprint density at radius 2 is 2.09 bits per heavy atom. The first-order valence-electron chi connectivity index (χ1n) is 8.17. The van der Waals surface area contributed by atoms with Crippen molar-refractivity contribution in [3.8, 4) is 0 Å². The summed E-state index contributed by atoms with van der Waals surface area (Å²) in [5, 5.41) is 0. The van der Waals surface area contributed by atoms with Crippen LogP contribution in [0.4, 0.5) is 0 Å². The third-order valence-corrected chi connectivity index (χ3v) is 5.50. The minimum absolute atomic E-state index is 0.00435. The summed E-state index contributed by atoms with van der Waals surface area (Å²) in [6, 6.07) is 0. The first-order chi connectivity index (χ1) is 10.8. The van der Waals surface area contributed by atoms with Gasteiger partial charge in [0.25, 0.3) is 0 Å². The van der Waals surface area contributed by atoms with Crippen LogP contribution in [0.1, 0.15) is 40.0 Å². The van der Waals surface area contributed by atoms with Crippen molar-refractivity contribution in [3.05, 3.63) is 0 Å². The van der Waals surface area contributed by atoms with Gasteiger partial charge in [0, 0.05) is 11.8 Å². The first-order valence-corrected chi connectivity index (χ1v) is 8.17. The molecule has 3 rings (SSSR count). The van der Waals surface area contributed by atoms with Gasteiger partial charge < -0.3 is 14.3 Å². The number of hydroxylamine groups is 1. The van der Waals surface area contributed by atoms with E-state index in [2.05, 4.69) is 5.48 Å².